The monoisotopic (exact) mass is 304 g/mol. The first-order valence-electron chi connectivity index (χ1n) is 6.77. The summed E-state index contributed by atoms with van der Waals surface area (Å²) in [5.41, 5.74) is 3.47. The fraction of sp³-hybridized carbons (Fsp3) is 0.312. The third-order valence-corrected chi connectivity index (χ3v) is 3.94. The molecular weight excluding hydrogens is 288 g/mol. The van der Waals surface area contributed by atoms with E-state index in [-0.39, 0.29) is 0 Å². The van der Waals surface area contributed by atoms with E-state index in [4.69, 9.17) is 21.1 Å². The van der Waals surface area contributed by atoms with E-state index in [1.165, 1.54) is 11.1 Å². The van der Waals surface area contributed by atoms with Gasteiger partial charge in [0.15, 0.2) is 10.9 Å². The van der Waals surface area contributed by atoms with Crippen molar-refractivity contribution >= 4 is 11.6 Å². The predicted molar refractivity (Wildman–Crippen MR) is 81.7 cm³/mol. The molecule has 0 N–H and O–H groups in total. The summed E-state index contributed by atoms with van der Waals surface area (Å²) in [4.78, 5) is 6.75. The Morgan fingerprint density at radius 1 is 1.14 bits per heavy atom. The molecule has 1 aromatic carbocycles. The van der Waals surface area contributed by atoms with E-state index in [0.29, 0.717) is 10.9 Å². The van der Waals surface area contributed by atoms with Gasteiger partial charge in [0, 0.05) is 19.6 Å². The molecule has 1 aliphatic rings. The normalized spacial score (nSPS) is 14.0. The number of fused-ring (bicyclic) bond motifs is 1. The van der Waals surface area contributed by atoms with Crippen LogP contribution in [0, 0.1) is 0 Å². The molecular formula is C16H17ClN2O2. The molecule has 0 saturated heterocycles. The van der Waals surface area contributed by atoms with E-state index >= 15 is 0 Å². The Morgan fingerprint density at radius 3 is 2.57 bits per heavy atom. The van der Waals surface area contributed by atoms with Crippen molar-refractivity contribution in [2.45, 2.75) is 19.6 Å². The highest BCUT2D eigenvalue weighted by atomic mass is 35.5. The maximum Gasteiger partial charge on any atom is 0.171 e. The molecule has 1 aliphatic heterocycles. The molecule has 0 aliphatic carbocycles. The summed E-state index contributed by atoms with van der Waals surface area (Å²) < 4.78 is 10.4. The van der Waals surface area contributed by atoms with Gasteiger partial charge in [0.2, 0.25) is 0 Å². The molecule has 2 heterocycles. The average molecular weight is 305 g/mol. The molecule has 0 unspecified atom stereocenters. The predicted octanol–water partition coefficient (Wildman–Crippen LogP) is 3.27. The summed E-state index contributed by atoms with van der Waals surface area (Å²) in [7, 11) is 3.29. The number of nitrogens with zero attached hydrogens (tertiary/aromatic N) is 2. The van der Waals surface area contributed by atoms with E-state index in [0.717, 1.165) is 31.1 Å². The van der Waals surface area contributed by atoms with Crippen molar-refractivity contribution in [1.29, 1.82) is 0 Å². The van der Waals surface area contributed by atoms with E-state index in [9.17, 15) is 0 Å². The number of hydrogen-bond donors (Lipinski definition) is 0. The number of rotatable bonds is 4. The molecule has 0 radical (unpaired) electrons. The molecule has 3 rings (SSSR count). The highest BCUT2D eigenvalue weighted by Crippen LogP contribution is 2.30. The number of benzene rings is 1. The number of halogens is 1. The van der Waals surface area contributed by atoms with Gasteiger partial charge in [-0.15, -0.1) is 0 Å². The number of methoxy groups -OCH3 is 2. The number of ether oxygens (including phenoxy) is 2. The Hall–Kier alpha value is -1.78. The van der Waals surface area contributed by atoms with Crippen LogP contribution in [0.4, 0.5) is 0 Å². The lowest BCUT2D eigenvalue weighted by molar-refractivity contribution is 0.274. The van der Waals surface area contributed by atoms with Crippen LogP contribution in [0.15, 0.2) is 30.3 Å². The van der Waals surface area contributed by atoms with Gasteiger partial charge in [-0.25, -0.2) is 4.98 Å². The number of pyridine rings is 1. The Balaban J connectivity index is 1.72. The standard InChI is InChI=1S/C16H17ClN2O2/c1-20-13-5-3-11(4-6-13)8-19-9-12-7-15(21-2)16(17)18-14(12)10-19/h3-7H,8-10H2,1-2H3. The van der Waals surface area contributed by atoms with Crippen molar-refractivity contribution in [3.8, 4) is 11.5 Å². The average Bonchev–Trinajstić information content (AvgIpc) is 2.88. The molecule has 0 bridgehead atoms. The fourth-order valence-corrected chi connectivity index (χ4v) is 2.81. The Morgan fingerprint density at radius 2 is 1.90 bits per heavy atom. The number of hydrogen-bond acceptors (Lipinski definition) is 4. The van der Waals surface area contributed by atoms with Gasteiger partial charge >= 0.3 is 0 Å². The summed E-state index contributed by atoms with van der Waals surface area (Å²) in [5, 5.41) is 0.433. The Kier molecular flexibility index (Phi) is 3.99. The summed E-state index contributed by atoms with van der Waals surface area (Å²) in [5.74, 6) is 1.52. The van der Waals surface area contributed by atoms with Crippen molar-refractivity contribution in [3.05, 3.63) is 52.3 Å². The lowest BCUT2D eigenvalue weighted by atomic mass is 10.2. The SMILES string of the molecule is COc1ccc(CN2Cc3cc(OC)c(Cl)nc3C2)cc1. The molecule has 21 heavy (non-hydrogen) atoms. The van der Waals surface area contributed by atoms with Crippen LogP contribution >= 0.6 is 11.6 Å². The zero-order valence-electron chi connectivity index (χ0n) is 12.1. The lowest BCUT2D eigenvalue weighted by Crippen LogP contribution is -2.15. The third-order valence-electron chi connectivity index (χ3n) is 3.66. The van der Waals surface area contributed by atoms with E-state index in [2.05, 4.69) is 22.0 Å². The van der Waals surface area contributed by atoms with Crippen molar-refractivity contribution in [2.75, 3.05) is 14.2 Å². The summed E-state index contributed by atoms with van der Waals surface area (Å²) in [6.07, 6.45) is 0. The highest BCUT2D eigenvalue weighted by molar-refractivity contribution is 6.30. The number of aromatic nitrogens is 1. The smallest absolute Gasteiger partial charge is 0.171 e. The second kappa shape index (κ2) is 5.92. The van der Waals surface area contributed by atoms with Gasteiger partial charge in [-0.1, -0.05) is 23.7 Å². The summed E-state index contributed by atoms with van der Waals surface area (Å²) in [6, 6.07) is 10.1. The minimum Gasteiger partial charge on any atom is -0.497 e. The second-order valence-corrected chi connectivity index (χ2v) is 5.44. The Labute approximate surface area is 129 Å². The largest absolute Gasteiger partial charge is 0.497 e. The van der Waals surface area contributed by atoms with Crippen molar-refractivity contribution < 1.29 is 9.47 Å². The minimum atomic E-state index is 0.433. The first kappa shape index (κ1) is 14.2. The molecule has 0 saturated carbocycles. The van der Waals surface area contributed by atoms with Gasteiger partial charge in [-0.05, 0) is 29.3 Å². The van der Waals surface area contributed by atoms with Gasteiger partial charge in [0.05, 0.1) is 19.9 Å². The van der Waals surface area contributed by atoms with Gasteiger partial charge in [0.1, 0.15) is 5.75 Å². The van der Waals surface area contributed by atoms with Crippen LogP contribution in [0.2, 0.25) is 5.15 Å². The molecule has 2 aromatic rings. The molecule has 0 amide bonds. The maximum absolute atomic E-state index is 6.08. The quantitative estimate of drug-likeness (QED) is 0.812. The fourth-order valence-electron chi connectivity index (χ4n) is 2.57. The van der Waals surface area contributed by atoms with E-state index in [1.807, 2.05) is 18.2 Å². The van der Waals surface area contributed by atoms with Crippen LogP contribution in [0.25, 0.3) is 0 Å². The molecule has 0 atom stereocenters. The molecule has 5 heteroatoms. The van der Waals surface area contributed by atoms with Crippen molar-refractivity contribution in [1.82, 2.24) is 9.88 Å². The topological polar surface area (TPSA) is 34.6 Å². The van der Waals surface area contributed by atoms with Crippen LogP contribution in [0.3, 0.4) is 0 Å². The molecule has 110 valence electrons. The highest BCUT2D eigenvalue weighted by Gasteiger charge is 2.22. The third kappa shape index (κ3) is 2.96. The van der Waals surface area contributed by atoms with Crippen LogP contribution in [-0.2, 0) is 19.6 Å². The van der Waals surface area contributed by atoms with Gasteiger partial charge < -0.3 is 9.47 Å². The second-order valence-electron chi connectivity index (χ2n) is 5.08. The van der Waals surface area contributed by atoms with Gasteiger partial charge in [0.25, 0.3) is 0 Å². The minimum absolute atomic E-state index is 0.433. The molecule has 1 aromatic heterocycles. The molecule has 0 spiro atoms. The first-order valence-corrected chi connectivity index (χ1v) is 7.15. The lowest BCUT2D eigenvalue weighted by Gasteiger charge is -2.14. The molecule has 4 nitrogen and oxygen atoms in total. The van der Waals surface area contributed by atoms with Crippen LogP contribution in [0.5, 0.6) is 11.5 Å². The Bertz CT molecular complexity index is 643. The zero-order chi connectivity index (χ0) is 14.8. The van der Waals surface area contributed by atoms with Crippen LogP contribution < -0.4 is 9.47 Å². The van der Waals surface area contributed by atoms with Crippen molar-refractivity contribution in [3.63, 3.8) is 0 Å². The van der Waals surface area contributed by atoms with E-state index in [1.54, 1.807) is 14.2 Å². The van der Waals surface area contributed by atoms with Crippen LogP contribution in [0.1, 0.15) is 16.8 Å². The van der Waals surface area contributed by atoms with Gasteiger partial charge in [-0.2, -0.15) is 0 Å². The summed E-state index contributed by atoms with van der Waals surface area (Å²) in [6.45, 7) is 2.55. The first-order chi connectivity index (χ1) is 10.2. The van der Waals surface area contributed by atoms with Crippen LogP contribution in [-0.4, -0.2) is 24.1 Å². The molecule has 0 fully saturated rings. The van der Waals surface area contributed by atoms with E-state index < -0.39 is 0 Å². The maximum atomic E-state index is 6.08. The van der Waals surface area contributed by atoms with Gasteiger partial charge in [-0.3, -0.25) is 4.90 Å². The summed E-state index contributed by atoms with van der Waals surface area (Å²) >= 11 is 6.08. The zero-order valence-corrected chi connectivity index (χ0v) is 12.9. The van der Waals surface area contributed by atoms with Crippen molar-refractivity contribution in [2.24, 2.45) is 0 Å².